The quantitative estimate of drug-likeness (QED) is 0.214. The third kappa shape index (κ3) is 3.73. The van der Waals surface area contributed by atoms with Gasteiger partial charge in [-0.1, -0.05) is 0 Å². The summed E-state index contributed by atoms with van der Waals surface area (Å²) in [7, 11) is 1.53. The van der Waals surface area contributed by atoms with E-state index >= 15 is 0 Å². The van der Waals surface area contributed by atoms with Gasteiger partial charge < -0.3 is 0 Å². The summed E-state index contributed by atoms with van der Waals surface area (Å²) in [6.45, 7) is 0.301. The molecule has 9 heteroatoms. The van der Waals surface area contributed by atoms with Crippen molar-refractivity contribution >= 4 is 0 Å². The third-order valence-corrected chi connectivity index (χ3v) is 6.51. The third-order valence-electron chi connectivity index (χ3n) is 4.34. The Hall–Kier alpha value is 0.410. The van der Waals surface area contributed by atoms with Gasteiger partial charge in [0.2, 0.25) is 0 Å². The minimum absolute atomic E-state index is 0.0749. The Labute approximate surface area is 139 Å². The SMILES string of the molecule is COC[C@@H]1OCCC([I-]O)[C@H]1[C@@H]1O[C@@H](CO)[C@H](O)C(O)C1O. The number of aliphatic hydroxyl groups excluding tert-OH is 4. The van der Waals surface area contributed by atoms with E-state index in [1.807, 2.05) is 0 Å². The standard InChI is InChI=1S/C13H24IO8/c1-20-5-8-9(6(14-19)2-3-21-8)13-12(18)11(17)10(16)7(4-15)22-13/h6-13,15-19H,2-5H2,1H3/q-1/t6?,7-,8-,9+,10-,11?,12?,13-/m0/s1. The van der Waals surface area contributed by atoms with Crippen molar-refractivity contribution in [3.63, 3.8) is 0 Å². The molecule has 8 atom stereocenters. The molecule has 132 valence electrons. The predicted molar refractivity (Wildman–Crippen MR) is 69.5 cm³/mol. The maximum atomic E-state index is 10.3. The molecule has 0 amide bonds. The van der Waals surface area contributed by atoms with Gasteiger partial charge in [0.25, 0.3) is 0 Å². The van der Waals surface area contributed by atoms with Crippen LogP contribution in [0.3, 0.4) is 0 Å². The van der Waals surface area contributed by atoms with Crippen LogP contribution >= 0.6 is 0 Å². The van der Waals surface area contributed by atoms with Gasteiger partial charge in [0.05, 0.1) is 0 Å². The molecule has 2 heterocycles. The van der Waals surface area contributed by atoms with Crippen molar-refractivity contribution in [2.75, 3.05) is 26.9 Å². The molecule has 0 aromatic carbocycles. The summed E-state index contributed by atoms with van der Waals surface area (Å²) in [6.07, 6.45) is -5.65. The van der Waals surface area contributed by atoms with Gasteiger partial charge in [0, 0.05) is 0 Å². The van der Waals surface area contributed by atoms with Crippen molar-refractivity contribution in [1.82, 2.24) is 0 Å². The second kappa shape index (κ2) is 8.49. The first-order valence-electron chi connectivity index (χ1n) is 7.23. The average Bonchev–Trinajstić information content (AvgIpc) is 2.53. The number of rotatable bonds is 5. The van der Waals surface area contributed by atoms with Crippen LogP contribution in [0.4, 0.5) is 0 Å². The van der Waals surface area contributed by atoms with Crippen LogP contribution < -0.4 is 21.6 Å². The van der Waals surface area contributed by atoms with Crippen molar-refractivity contribution in [3.05, 3.63) is 0 Å². The van der Waals surface area contributed by atoms with Crippen LogP contribution in [0.15, 0.2) is 0 Å². The molecular weight excluding hydrogens is 411 g/mol. The first-order valence-corrected chi connectivity index (χ1v) is 9.44. The number of ether oxygens (including phenoxy) is 3. The fraction of sp³-hybridized carbons (Fsp3) is 1.00. The van der Waals surface area contributed by atoms with Gasteiger partial charge in [-0.25, -0.2) is 0 Å². The van der Waals surface area contributed by atoms with Crippen LogP contribution in [0.25, 0.3) is 0 Å². The van der Waals surface area contributed by atoms with Crippen LogP contribution in [-0.4, -0.2) is 91.3 Å². The molecule has 0 aliphatic carbocycles. The maximum absolute atomic E-state index is 10.3. The van der Waals surface area contributed by atoms with E-state index < -0.39 is 58.7 Å². The summed E-state index contributed by atoms with van der Waals surface area (Å²) in [5.41, 5.74) is 0. The Balaban J connectivity index is 2.23. The Morgan fingerprint density at radius 3 is 2.45 bits per heavy atom. The summed E-state index contributed by atoms with van der Waals surface area (Å²) in [5, 5.41) is 39.4. The second-order valence-electron chi connectivity index (χ2n) is 5.64. The van der Waals surface area contributed by atoms with Crippen molar-refractivity contribution in [1.29, 1.82) is 0 Å². The van der Waals surface area contributed by atoms with E-state index in [-0.39, 0.29) is 22.6 Å². The fourth-order valence-electron chi connectivity index (χ4n) is 3.17. The van der Waals surface area contributed by atoms with Crippen LogP contribution in [0.2, 0.25) is 0 Å². The number of methoxy groups -OCH3 is 1. The molecule has 22 heavy (non-hydrogen) atoms. The van der Waals surface area contributed by atoms with Crippen LogP contribution in [0, 0.1) is 5.92 Å². The summed E-state index contributed by atoms with van der Waals surface area (Å²) in [5.74, 6) is -0.363. The van der Waals surface area contributed by atoms with Crippen LogP contribution in [0.1, 0.15) is 6.42 Å². The molecule has 5 N–H and O–H groups in total. The molecule has 0 aromatic rings. The zero-order valence-corrected chi connectivity index (χ0v) is 14.4. The van der Waals surface area contributed by atoms with Crippen molar-refractivity contribution in [2.45, 2.75) is 47.0 Å². The minimum atomic E-state index is -1.42. The number of hydrogen-bond acceptors (Lipinski definition) is 8. The van der Waals surface area contributed by atoms with Gasteiger partial charge in [-0.2, -0.15) is 0 Å². The van der Waals surface area contributed by atoms with Gasteiger partial charge in [-0.15, -0.1) is 0 Å². The second-order valence-corrected chi connectivity index (χ2v) is 7.79. The molecule has 8 nitrogen and oxygen atoms in total. The molecule has 0 aromatic heterocycles. The fourth-order valence-corrected chi connectivity index (χ4v) is 4.95. The molecule has 0 bridgehead atoms. The van der Waals surface area contributed by atoms with E-state index in [1.165, 1.54) is 7.11 Å². The Kier molecular flexibility index (Phi) is 7.23. The topological polar surface area (TPSA) is 129 Å². The first-order chi connectivity index (χ1) is 10.5. The molecule has 0 spiro atoms. The molecule has 2 rings (SSSR count). The number of halogens is 1. The number of hydrogen-bond donors (Lipinski definition) is 5. The predicted octanol–water partition coefficient (Wildman–Crippen LogP) is -5.75. The monoisotopic (exact) mass is 435 g/mol. The Bertz CT molecular complexity index is 342. The molecule has 2 saturated heterocycles. The number of alkyl halides is 1. The normalized spacial score (nSPS) is 46.8. The van der Waals surface area contributed by atoms with Crippen LogP contribution in [0.5, 0.6) is 0 Å². The van der Waals surface area contributed by atoms with E-state index in [2.05, 4.69) is 0 Å². The summed E-state index contributed by atoms with van der Waals surface area (Å²) < 4.78 is 26.1. The summed E-state index contributed by atoms with van der Waals surface area (Å²) >= 11 is -1.12. The van der Waals surface area contributed by atoms with Gasteiger partial charge in [0.15, 0.2) is 0 Å². The van der Waals surface area contributed by atoms with E-state index in [1.54, 1.807) is 0 Å². The molecule has 0 saturated carbocycles. The van der Waals surface area contributed by atoms with E-state index in [0.29, 0.717) is 13.0 Å². The van der Waals surface area contributed by atoms with Crippen molar-refractivity contribution in [2.24, 2.45) is 5.92 Å². The molecule has 2 aliphatic rings. The zero-order valence-electron chi connectivity index (χ0n) is 12.3. The summed E-state index contributed by atoms with van der Waals surface area (Å²) in [4.78, 5) is 0. The first kappa shape index (κ1) is 18.7. The van der Waals surface area contributed by atoms with Gasteiger partial charge >= 0.3 is 140 Å². The molecular formula is C13H24IO8-. The summed E-state index contributed by atoms with van der Waals surface area (Å²) in [6, 6.07) is 0. The zero-order chi connectivity index (χ0) is 16.3. The molecule has 2 fully saturated rings. The van der Waals surface area contributed by atoms with Gasteiger partial charge in [-0.3, -0.25) is 0 Å². The molecule has 2 aliphatic heterocycles. The van der Waals surface area contributed by atoms with Crippen LogP contribution in [-0.2, 0) is 14.2 Å². The van der Waals surface area contributed by atoms with Crippen molar-refractivity contribution < 1.29 is 59.7 Å². The van der Waals surface area contributed by atoms with Gasteiger partial charge in [-0.05, 0) is 0 Å². The number of aliphatic hydroxyl groups is 4. The van der Waals surface area contributed by atoms with E-state index in [4.69, 9.17) is 14.2 Å². The molecule has 0 radical (unpaired) electrons. The van der Waals surface area contributed by atoms with E-state index in [9.17, 15) is 23.9 Å². The van der Waals surface area contributed by atoms with E-state index in [0.717, 1.165) is 0 Å². The Morgan fingerprint density at radius 2 is 1.86 bits per heavy atom. The van der Waals surface area contributed by atoms with Gasteiger partial charge in [0.1, 0.15) is 0 Å². The molecule has 3 unspecified atom stereocenters. The van der Waals surface area contributed by atoms with Crippen molar-refractivity contribution in [3.8, 4) is 0 Å². The average molecular weight is 435 g/mol. The Morgan fingerprint density at radius 1 is 1.14 bits per heavy atom.